The van der Waals surface area contributed by atoms with Gasteiger partial charge in [-0.3, -0.25) is 4.79 Å². The van der Waals surface area contributed by atoms with E-state index in [1.807, 2.05) is 24.0 Å². The van der Waals surface area contributed by atoms with Crippen molar-refractivity contribution in [3.63, 3.8) is 0 Å². The summed E-state index contributed by atoms with van der Waals surface area (Å²) >= 11 is 0. The lowest BCUT2D eigenvalue weighted by atomic mass is 9.93. The SMILES string of the molecule is Cc1ccc(C(=O)N2CCC(C)CC2C)cc1N. The van der Waals surface area contributed by atoms with E-state index < -0.39 is 0 Å². The maximum Gasteiger partial charge on any atom is 0.254 e. The molecule has 0 saturated carbocycles. The van der Waals surface area contributed by atoms with E-state index in [4.69, 9.17) is 5.73 Å². The quantitative estimate of drug-likeness (QED) is 0.774. The largest absolute Gasteiger partial charge is 0.398 e. The van der Waals surface area contributed by atoms with Crippen LogP contribution in [0, 0.1) is 12.8 Å². The average molecular weight is 246 g/mol. The lowest BCUT2D eigenvalue weighted by Crippen LogP contribution is -2.44. The lowest BCUT2D eigenvalue weighted by molar-refractivity contribution is 0.0588. The fraction of sp³-hybridized carbons (Fsp3) is 0.533. The number of anilines is 1. The van der Waals surface area contributed by atoms with E-state index in [-0.39, 0.29) is 5.91 Å². The number of aryl methyl sites for hydroxylation is 1. The third-order valence-corrected chi connectivity index (χ3v) is 3.93. The molecule has 0 spiro atoms. The second kappa shape index (κ2) is 5.01. The molecule has 1 aliphatic rings. The van der Waals surface area contributed by atoms with E-state index in [9.17, 15) is 4.79 Å². The number of rotatable bonds is 1. The Kier molecular flexibility index (Phi) is 3.60. The Morgan fingerprint density at radius 2 is 2.11 bits per heavy atom. The molecule has 2 atom stereocenters. The van der Waals surface area contributed by atoms with E-state index in [2.05, 4.69) is 13.8 Å². The number of amides is 1. The number of benzene rings is 1. The Morgan fingerprint density at radius 3 is 2.72 bits per heavy atom. The molecule has 1 fully saturated rings. The van der Waals surface area contributed by atoms with E-state index in [0.717, 1.165) is 24.9 Å². The van der Waals surface area contributed by atoms with Gasteiger partial charge in [0.25, 0.3) is 5.91 Å². The number of likely N-dealkylation sites (tertiary alicyclic amines) is 1. The summed E-state index contributed by atoms with van der Waals surface area (Å²) in [4.78, 5) is 14.4. The zero-order valence-electron chi connectivity index (χ0n) is 11.4. The molecule has 0 bridgehead atoms. The molecule has 98 valence electrons. The van der Waals surface area contributed by atoms with E-state index in [1.54, 1.807) is 6.07 Å². The van der Waals surface area contributed by atoms with Crippen LogP contribution in [0.1, 0.15) is 42.6 Å². The molecule has 1 aromatic rings. The summed E-state index contributed by atoms with van der Waals surface area (Å²) in [5, 5.41) is 0. The van der Waals surface area contributed by atoms with Crippen molar-refractivity contribution in [2.24, 2.45) is 5.92 Å². The van der Waals surface area contributed by atoms with Crippen LogP contribution in [-0.2, 0) is 0 Å². The van der Waals surface area contributed by atoms with Crippen LogP contribution in [-0.4, -0.2) is 23.4 Å². The molecule has 2 unspecified atom stereocenters. The Balaban J connectivity index is 2.18. The number of nitrogens with two attached hydrogens (primary N) is 1. The molecule has 0 aromatic heterocycles. The van der Waals surface area contributed by atoms with Crippen molar-refractivity contribution >= 4 is 11.6 Å². The Hall–Kier alpha value is -1.51. The first-order valence-electron chi connectivity index (χ1n) is 6.66. The molecule has 3 nitrogen and oxygen atoms in total. The fourth-order valence-corrected chi connectivity index (χ4v) is 2.65. The van der Waals surface area contributed by atoms with Crippen molar-refractivity contribution < 1.29 is 4.79 Å². The molecular weight excluding hydrogens is 224 g/mol. The number of carbonyl (C=O) groups is 1. The molecule has 3 heteroatoms. The van der Waals surface area contributed by atoms with E-state index in [0.29, 0.717) is 23.2 Å². The van der Waals surface area contributed by atoms with Gasteiger partial charge < -0.3 is 10.6 Å². The van der Waals surface area contributed by atoms with Gasteiger partial charge in [-0.15, -0.1) is 0 Å². The highest BCUT2D eigenvalue weighted by molar-refractivity contribution is 5.95. The summed E-state index contributed by atoms with van der Waals surface area (Å²) in [7, 11) is 0. The van der Waals surface area contributed by atoms with Gasteiger partial charge in [0.15, 0.2) is 0 Å². The van der Waals surface area contributed by atoms with Crippen LogP contribution in [0.5, 0.6) is 0 Å². The molecule has 2 N–H and O–H groups in total. The Labute approximate surface area is 109 Å². The summed E-state index contributed by atoms with van der Waals surface area (Å²) in [5.41, 5.74) is 8.30. The third kappa shape index (κ3) is 2.50. The van der Waals surface area contributed by atoms with E-state index >= 15 is 0 Å². The van der Waals surface area contributed by atoms with Gasteiger partial charge in [-0.05, 0) is 50.3 Å². The monoisotopic (exact) mass is 246 g/mol. The minimum atomic E-state index is 0.112. The standard InChI is InChI=1S/C15H22N2O/c1-10-6-7-17(12(3)8-10)15(18)13-5-4-11(2)14(16)9-13/h4-5,9-10,12H,6-8,16H2,1-3H3. The van der Waals surface area contributed by atoms with E-state index in [1.165, 1.54) is 0 Å². The van der Waals surface area contributed by atoms with Crippen LogP contribution in [0.25, 0.3) is 0 Å². The zero-order valence-corrected chi connectivity index (χ0v) is 11.4. The molecule has 0 aliphatic carbocycles. The zero-order chi connectivity index (χ0) is 13.3. The normalized spacial score (nSPS) is 24.1. The third-order valence-electron chi connectivity index (χ3n) is 3.93. The number of nitrogens with zero attached hydrogens (tertiary/aromatic N) is 1. The first-order chi connectivity index (χ1) is 8.49. The van der Waals surface area contributed by atoms with Crippen molar-refractivity contribution in [3.05, 3.63) is 29.3 Å². The maximum absolute atomic E-state index is 12.5. The molecule has 18 heavy (non-hydrogen) atoms. The van der Waals surface area contributed by atoms with Crippen LogP contribution in [0.2, 0.25) is 0 Å². The van der Waals surface area contributed by atoms with Gasteiger partial charge in [0, 0.05) is 23.8 Å². The highest BCUT2D eigenvalue weighted by Crippen LogP contribution is 2.24. The van der Waals surface area contributed by atoms with Gasteiger partial charge in [0.1, 0.15) is 0 Å². The summed E-state index contributed by atoms with van der Waals surface area (Å²) in [5.74, 6) is 0.827. The van der Waals surface area contributed by atoms with Gasteiger partial charge in [0.2, 0.25) is 0 Å². The smallest absolute Gasteiger partial charge is 0.254 e. The molecule has 1 saturated heterocycles. The summed E-state index contributed by atoms with van der Waals surface area (Å²) < 4.78 is 0. The van der Waals surface area contributed by atoms with Crippen molar-refractivity contribution in [3.8, 4) is 0 Å². The number of carbonyl (C=O) groups excluding carboxylic acids is 1. The van der Waals surface area contributed by atoms with Crippen molar-refractivity contribution in [1.29, 1.82) is 0 Å². The lowest BCUT2D eigenvalue weighted by Gasteiger charge is -2.36. The number of hydrogen-bond donors (Lipinski definition) is 1. The first kappa shape index (κ1) is 12.9. The van der Waals surface area contributed by atoms with Gasteiger partial charge >= 0.3 is 0 Å². The van der Waals surface area contributed by atoms with Crippen LogP contribution in [0.15, 0.2) is 18.2 Å². The minimum Gasteiger partial charge on any atom is -0.398 e. The van der Waals surface area contributed by atoms with Crippen LogP contribution in [0.4, 0.5) is 5.69 Å². The molecular formula is C15H22N2O. The Morgan fingerprint density at radius 1 is 1.39 bits per heavy atom. The molecule has 0 radical (unpaired) electrons. The average Bonchev–Trinajstić information content (AvgIpc) is 2.32. The van der Waals surface area contributed by atoms with Crippen molar-refractivity contribution in [1.82, 2.24) is 4.90 Å². The highest BCUT2D eigenvalue weighted by atomic mass is 16.2. The maximum atomic E-state index is 12.5. The van der Waals surface area contributed by atoms with Gasteiger partial charge in [0.05, 0.1) is 0 Å². The van der Waals surface area contributed by atoms with Crippen molar-refractivity contribution in [2.75, 3.05) is 12.3 Å². The number of hydrogen-bond acceptors (Lipinski definition) is 2. The fourth-order valence-electron chi connectivity index (χ4n) is 2.65. The first-order valence-corrected chi connectivity index (χ1v) is 6.66. The van der Waals surface area contributed by atoms with Crippen LogP contribution >= 0.6 is 0 Å². The summed E-state index contributed by atoms with van der Waals surface area (Å²) in [6, 6.07) is 5.91. The highest BCUT2D eigenvalue weighted by Gasteiger charge is 2.27. The van der Waals surface area contributed by atoms with Crippen molar-refractivity contribution in [2.45, 2.75) is 39.7 Å². The molecule has 1 heterocycles. The molecule has 2 rings (SSSR count). The molecule has 1 aliphatic heterocycles. The van der Waals surface area contributed by atoms with Gasteiger partial charge in [-0.2, -0.15) is 0 Å². The summed E-state index contributed by atoms with van der Waals surface area (Å²) in [6.45, 7) is 7.19. The number of nitrogen functional groups attached to an aromatic ring is 1. The number of piperidine rings is 1. The Bertz CT molecular complexity index is 456. The van der Waals surface area contributed by atoms with Gasteiger partial charge in [-0.25, -0.2) is 0 Å². The topological polar surface area (TPSA) is 46.3 Å². The summed E-state index contributed by atoms with van der Waals surface area (Å²) in [6.07, 6.45) is 2.19. The molecule has 1 amide bonds. The minimum absolute atomic E-state index is 0.112. The second-order valence-corrected chi connectivity index (χ2v) is 5.55. The molecule has 1 aromatic carbocycles. The second-order valence-electron chi connectivity index (χ2n) is 5.55. The predicted octanol–water partition coefficient (Wildman–Crippen LogP) is 2.84. The van der Waals surface area contributed by atoms with Crippen LogP contribution < -0.4 is 5.73 Å². The predicted molar refractivity (Wildman–Crippen MR) is 74.5 cm³/mol. The van der Waals surface area contributed by atoms with Gasteiger partial charge in [-0.1, -0.05) is 13.0 Å². The van der Waals surface area contributed by atoms with Crippen LogP contribution in [0.3, 0.4) is 0 Å².